The van der Waals surface area contributed by atoms with E-state index in [-0.39, 0.29) is 11.1 Å². The van der Waals surface area contributed by atoms with Gasteiger partial charge in [-0.15, -0.1) is 0 Å². The number of nitrogens with zero attached hydrogens (tertiary/aromatic N) is 3. The van der Waals surface area contributed by atoms with Crippen LogP contribution in [0.1, 0.15) is 20.8 Å². The molecule has 2 aromatic heterocycles. The zero-order chi connectivity index (χ0) is 13.3. The van der Waals surface area contributed by atoms with Crippen molar-refractivity contribution in [1.82, 2.24) is 20.2 Å². The van der Waals surface area contributed by atoms with E-state index in [1.165, 1.54) is 6.20 Å². The molecule has 0 atom stereocenters. The zero-order valence-corrected chi connectivity index (χ0v) is 10.9. The number of rotatable bonds is 1. The number of ether oxygens (including phenoxy) is 1. The van der Waals surface area contributed by atoms with E-state index in [1.807, 2.05) is 0 Å². The van der Waals surface area contributed by atoms with Gasteiger partial charge in [0.15, 0.2) is 5.65 Å². The molecule has 0 fully saturated rings. The van der Waals surface area contributed by atoms with Gasteiger partial charge in [-0.05, 0) is 20.8 Å². The Morgan fingerprint density at radius 1 is 1.44 bits per heavy atom. The standard InChI is InChI=1S/C10H12ClN5O2/c1-10(2,3)18-9(17)15-8-13-6(11)5-4-12-16-7(5)14-8/h4H,1-3H3,(H2,12,13,14,15,16,17). The summed E-state index contributed by atoms with van der Waals surface area (Å²) in [7, 11) is 0. The summed E-state index contributed by atoms with van der Waals surface area (Å²) in [5, 5.41) is 9.63. The molecule has 1 amide bonds. The summed E-state index contributed by atoms with van der Waals surface area (Å²) in [4.78, 5) is 19.5. The molecule has 2 N–H and O–H groups in total. The van der Waals surface area contributed by atoms with Crippen molar-refractivity contribution in [3.8, 4) is 0 Å². The molecule has 0 aliphatic rings. The van der Waals surface area contributed by atoms with Crippen molar-refractivity contribution in [2.24, 2.45) is 0 Å². The van der Waals surface area contributed by atoms with Crippen LogP contribution in [-0.2, 0) is 4.74 Å². The van der Waals surface area contributed by atoms with Gasteiger partial charge < -0.3 is 4.74 Å². The number of amides is 1. The van der Waals surface area contributed by atoms with Gasteiger partial charge in [-0.2, -0.15) is 15.1 Å². The predicted molar refractivity (Wildman–Crippen MR) is 66.6 cm³/mol. The van der Waals surface area contributed by atoms with E-state index in [4.69, 9.17) is 16.3 Å². The third kappa shape index (κ3) is 2.86. The van der Waals surface area contributed by atoms with Gasteiger partial charge in [0.25, 0.3) is 0 Å². The molecule has 0 aliphatic heterocycles. The number of carbonyl (C=O) groups excluding carboxylic acids is 1. The van der Waals surface area contributed by atoms with Crippen molar-refractivity contribution < 1.29 is 9.53 Å². The van der Waals surface area contributed by atoms with Gasteiger partial charge >= 0.3 is 6.09 Å². The minimum absolute atomic E-state index is 0.0611. The maximum Gasteiger partial charge on any atom is 0.414 e. The number of fused-ring (bicyclic) bond motifs is 1. The highest BCUT2D eigenvalue weighted by Gasteiger charge is 2.17. The fourth-order valence-corrected chi connectivity index (χ4v) is 1.47. The summed E-state index contributed by atoms with van der Waals surface area (Å²) in [6.45, 7) is 5.29. The molecule has 8 heteroatoms. The number of aromatic nitrogens is 4. The molecule has 96 valence electrons. The summed E-state index contributed by atoms with van der Waals surface area (Å²) >= 11 is 5.92. The Labute approximate surface area is 108 Å². The van der Waals surface area contributed by atoms with E-state index in [1.54, 1.807) is 20.8 Å². The molecular formula is C10H12ClN5O2. The summed E-state index contributed by atoms with van der Waals surface area (Å²) in [5.41, 5.74) is -0.146. The van der Waals surface area contributed by atoms with Crippen LogP contribution in [-0.4, -0.2) is 31.9 Å². The Bertz CT molecular complexity index is 589. The third-order valence-electron chi connectivity index (χ3n) is 1.88. The lowest BCUT2D eigenvalue weighted by molar-refractivity contribution is 0.0634. The predicted octanol–water partition coefficient (Wildman–Crippen LogP) is 2.35. The van der Waals surface area contributed by atoms with Gasteiger partial charge in [0, 0.05) is 0 Å². The SMILES string of the molecule is CC(C)(C)OC(=O)Nc1nc(Cl)c2cn[nH]c2n1. The highest BCUT2D eigenvalue weighted by atomic mass is 35.5. The Balaban J connectivity index is 2.19. The summed E-state index contributed by atoms with van der Waals surface area (Å²) in [5.74, 6) is 0.0611. The highest BCUT2D eigenvalue weighted by Crippen LogP contribution is 2.19. The lowest BCUT2D eigenvalue weighted by Crippen LogP contribution is -2.27. The minimum Gasteiger partial charge on any atom is -0.444 e. The number of aromatic amines is 1. The van der Waals surface area contributed by atoms with Crippen LogP contribution in [0.25, 0.3) is 11.0 Å². The first-order valence-corrected chi connectivity index (χ1v) is 5.59. The quantitative estimate of drug-likeness (QED) is 0.775. The van der Waals surface area contributed by atoms with Gasteiger partial charge in [0.1, 0.15) is 10.8 Å². The van der Waals surface area contributed by atoms with Crippen LogP contribution in [0.3, 0.4) is 0 Å². The number of nitrogens with one attached hydrogen (secondary N) is 2. The maximum atomic E-state index is 11.5. The molecule has 0 aliphatic carbocycles. The lowest BCUT2D eigenvalue weighted by Gasteiger charge is -2.19. The number of anilines is 1. The number of carbonyl (C=O) groups is 1. The highest BCUT2D eigenvalue weighted by molar-refractivity contribution is 6.34. The van der Waals surface area contributed by atoms with Crippen LogP contribution in [0, 0.1) is 0 Å². The molecule has 7 nitrogen and oxygen atoms in total. The average molecular weight is 270 g/mol. The molecule has 18 heavy (non-hydrogen) atoms. The molecule has 2 rings (SSSR count). The maximum absolute atomic E-state index is 11.5. The molecule has 0 saturated carbocycles. The molecular weight excluding hydrogens is 258 g/mol. The van der Waals surface area contributed by atoms with Gasteiger partial charge in [-0.25, -0.2) is 4.79 Å². The van der Waals surface area contributed by atoms with E-state index in [2.05, 4.69) is 25.5 Å². The Hall–Kier alpha value is -1.89. The normalized spacial score (nSPS) is 11.6. The van der Waals surface area contributed by atoms with Gasteiger partial charge in [0.05, 0.1) is 11.6 Å². The van der Waals surface area contributed by atoms with Gasteiger partial charge in [-0.3, -0.25) is 10.4 Å². The van der Waals surface area contributed by atoms with E-state index in [0.29, 0.717) is 11.0 Å². The van der Waals surface area contributed by atoms with E-state index in [0.717, 1.165) is 0 Å². The summed E-state index contributed by atoms with van der Waals surface area (Å²) in [6, 6.07) is 0. The van der Waals surface area contributed by atoms with Crippen molar-refractivity contribution >= 4 is 34.7 Å². The second-order valence-electron chi connectivity index (χ2n) is 4.60. The number of halogens is 1. The van der Waals surface area contributed by atoms with Crippen LogP contribution < -0.4 is 5.32 Å². The molecule has 2 aromatic rings. The first-order chi connectivity index (χ1) is 8.35. The van der Waals surface area contributed by atoms with Crippen molar-refractivity contribution in [3.63, 3.8) is 0 Å². The van der Waals surface area contributed by atoms with E-state index in [9.17, 15) is 4.79 Å². The number of hydrogen-bond donors (Lipinski definition) is 2. The summed E-state index contributed by atoms with van der Waals surface area (Å²) in [6.07, 6.45) is 0.868. The van der Waals surface area contributed by atoms with Crippen LogP contribution >= 0.6 is 11.6 Å². The minimum atomic E-state index is -0.641. The Morgan fingerprint density at radius 3 is 2.83 bits per heavy atom. The second-order valence-corrected chi connectivity index (χ2v) is 4.96. The largest absolute Gasteiger partial charge is 0.444 e. The molecule has 0 saturated heterocycles. The van der Waals surface area contributed by atoms with Crippen LogP contribution in [0.4, 0.5) is 10.7 Å². The average Bonchev–Trinajstić information content (AvgIpc) is 2.62. The molecule has 2 heterocycles. The van der Waals surface area contributed by atoms with Crippen LogP contribution in [0.5, 0.6) is 0 Å². The van der Waals surface area contributed by atoms with E-state index >= 15 is 0 Å². The number of H-pyrrole nitrogens is 1. The topological polar surface area (TPSA) is 92.8 Å². The lowest BCUT2D eigenvalue weighted by atomic mass is 10.2. The first-order valence-electron chi connectivity index (χ1n) is 5.22. The van der Waals surface area contributed by atoms with Crippen molar-refractivity contribution in [3.05, 3.63) is 11.3 Å². The van der Waals surface area contributed by atoms with Gasteiger partial charge in [-0.1, -0.05) is 11.6 Å². The third-order valence-corrected chi connectivity index (χ3v) is 2.16. The molecule has 0 radical (unpaired) electrons. The van der Waals surface area contributed by atoms with Crippen LogP contribution in [0.2, 0.25) is 5.15 Å². The molecule has 0 spiro atoms. The first kappa shape index (κ1) is 12.6. The fraction of sp³-hybridized carbons (Fsp3) is 0.400. The molecule has 0 bridgehead atoms. The monoisotopic (exact) mass is 269 g/mol. The zero-order valence-electron chi connectivity index (χ0n) is 10.1. The smallest absolute Gasteiger partial charge is 0.414 e. The Morgan fingerprint density at radius 2 is 2.17 bits per heavy atom. The second kappa shape index (κ2) is 4.41. The van der Waals surface area contributed by atoms with Crippen molar-refractivity contribution in [2.45, 2.75) is 26.4 Å². The van der Waals surface area contributed by atoms with Crippen molar-refractivity contribution in [2.75, 3.05) is 5.32 Å². The van der Waals surface area contributed by atoms with Crippen LogP contribution in [0.15, 0.2) is 6.20 Å². The Kier molecular flexibility index (Phi) is 3.08. The van der Waals surface area contributed by atoms with Gasteiger partial charge in [0.2, 0.25) is 5.95 Å². The number of hydrogen-bond acceptors (Lipinski definition) is 5. The molecule has 0 unspecified atom stereocenters. The van der Waals surface area contributed by atoms with Crippen molar-refractivity contribution in [1.29, 1.82) is 0 Å². The summed E-state index contributed by atoms with van der Waals surface area (Å²) < 4.78 is 5.08. The molecule has 0 aromatic carbocycles. The van der Waals surface area contributed by atoms with E-state index < -0.39 is 11.7 Å². The fourth-order valence-electron chi connectivity index (χ4n) is 1.25.